The maximum atomic E-state index is 13.4. The van der Waals surface area contributed by atoms with Crippen LogP contribution in [0.5, 0.6) is 0 Å². The van der Waals surface area contributed by atoms with Gasteiger partial charge in [0.2, 0.25) is 5.91 Å². The van der Waals surface area contributed by atoms with Gasteiger partial charge in [0, 0.05) is 12.0 Å². The lowest BCUT2D eigenvalue weighted by molar-refractivity contribution is -0.151. The minimum atomic E-state index is -1.23. The second-order valence-corrected chi connectivity index (χ2v) is 8.80. The number of ether oxygens (including phenoxy) is 2. The minimum Gasteiger partial charge on any atom is -0.463 e. The lowest BCUT2D eigenvalue weighted by atomic mass is 9.86. The predicted octanol–water partition coefficient (Wildman–Crippen LogP) is 2.37. The highest BCUT2D eigenvalue weighted by Crippen LogP contribution is 2.29. The summed E-state index contributed by atoms with van der Waals surface area (Å²) in [6, 6.07) is 12.8. The summed E-state index contributed by atoms with van der Waals surface area (Å²) < 4.78 is 10.8. The third-order valence-corrected chi connectivity index (χ3v) is 5.73. The van der Waals surface area contributed by atoms with Crippen LogP contribution in [0.2, 0.25) is 0 Å². The quantitative estimate of drug-likeness (QED) is 0.312. The number of benzene rings is 2. The number of carbonyl (C=O) groups excluding carboxylic acids is 3. The largest absolute Gasteiger partial charge is 0.463 e. The van der Waals surface area contributed by atoms with Crippen LogP contribution in [0.1, 0.15) is 32.8 Å². The highest BCUT2D eigenvalue weighted by atomic mass is 16.5. The van der Waals surface area contributed by atoms with Gasteiger partial charge in [-0.15, -0.1) is 0 Å². The van der Waals surface area contributed by atoms with E-state index < -0.39 is 41.3 Å². The maximum Gasteiger partial charge on any atom is 0.329 e. The number of hydrogen-bond acceptors (Lipinski definition) is 6. The van der Waals surface area contributed by atoms with Crippen LogP contribution in [0.3, 0.4) is 0 Å². The fourth-order valence-corrected chi connectivity index (χ4v) is 3.89. The van der Waals surface area contributed by atoms with E-state index in [9.17, 15) is 19.6 Å². The lowest BCUT2D eigenvalue weighted by Gasteiger charge is -2.29. The topological polar surface area (TPSA) is 114 Å². The van der Waals surface area contributed by atoms with E-state index in [1.54, 1.807) is 5.48 Å². The van der Waals surface area contributed by atoms with Gasteiger partial charge in [-0.1, -0.05) is 63.2 Å². The van der Waals surface area contributed by atoms with Crippen molar-refractivity contribution in [3.63, 3.8) is 0 Å². The van der Waals surface area contributed by atoms with Crippen molar-refractivity contribution in [2.45, 2.75) is 45.8 Å². The van der Waals surface area contributed by atoms with Gasteiger partial charge in [0.1, 0.15) is 12.1 Å². The Kier molecular flexibility index (Phi) is 7.48. The van der Waals surface area contributed by atoms with Gasteiger partial charge in [-0.05, 0) is 29.2 Å². The van der Waals surface area contributed by atoms with Gasteiger partial charge in [0.15, 0.2) is 0 Å². The van der Waals surface area contributed by atoms with Crippen LogP contribution in [-0.2, 0) is 30.3 Å². The number of esters is 1. The smallest absolute Gasteiger partial charge is 0.329 e. The minimum absolute atomic E-state index is 0.181. The predicted molar refractivity (Wildman–Crippen MR) is 118 cm³/mol. The number of amides is 2. The van der Waals surface area contributed by atoms with Crippen LogP contribution in [0.4, 0.5) is 0 Å². The first-order valence-corrected chi connectivity index (χ1v) is 10.8. The van der Waals surface area contributed by atoms with Crippen LogP contribution >= 0.6 is 0 Å². The Hall–Kier alpha value is -2.97. The van der Waals surface area contributed by atoms with E-state index in [2.05, 4.69) is 5.32 Å². The van der Waals surface area contributed by atoms with Crippen molar-refractivity contribution in [2.75, 3.05) is 13.2 Å². The Morgan fingerprint density at radius 1 is 1.19 bits per heavy atom. The molecule has 2 amide bonds. The lowest BCUT2D eigenvalue weighted by Crippen LogP contribution is -2.53. The number of cyclic esters (lactones) is 1. The standard InChI is InChI=1S/C24H30N2O6/c1-4-11-31-19(22(28)26-30)18(21(27)25-20-23(29)32-14-24(20,2)3)13-15-9-10-16-7-5-6-8-17(16)12-15/h5-10,12,18-20,30H,4,11,13-14H2,1-3H3,(H,25,27)(H,26,28)/t18-,19+,20+/m0/s1. The summed E-state index contributed by atoms with van der Waals surface area (Å²) in [6.07, 6.45) is -0.422. The van der Waals surface area contributed by atoms with Gasteiger partial charge in [-0.25, -0.2) is 10.3 Å². The normalized spacial score (nSPS) is 19.2. The molecule has 2 aromatic carbocycles. The first-order chi connectivity index (χ1) is 15.3. The molecule has 8 nitrogen and oxygen atoms in total. The summed E-state index contributed by atoms with van der Waals surface area (Å²) in [5.41, 5.74) is 1.85. The molecule has 0 bridgehead atoms. The second-order valence-electron chi connectivity index (χ2n) is 8.80. The van der Waals surface area contributed by atoms with Gasteiger partial charge in [-0.3, -0.25) is 14.8 Å². The molecule has 32 heavy (non-hydrogen) atoms. The van der Waals surface area contributed by atoms with Crippen molar-refractivity contribution in [1.82, 2.24) is 10.8 Å². The molecule has 0 saturated carbocycles. The fourth-order valence-electron chi connectivity index (χ4n) is 3.89. The average Bonchev–Trinajstić information content (AvgIpc) is 3.04. The maximum absolute atomic E-state index is 13.4. The SMILES string of the molecule is CCCO[C@@H](C(=O)NO)[C@H](Cc1ccc2ccccc2c1)C(=O)N[C@@H]1C(=O)OCC1(C)C. The van der Waals surface area contributed by atoms with E-state index in [0.717, 1.165) is 16.3 Å². The monoisotopic (exact) mass is 442 g/mol. The zero-order valence-electron chi connectivity index (χ0n) is 18.6. The first kappa shape index (κ1) is 23.7. The molecule has 172 valence electrons. The molecule has 0 spiro atoms. The van der Waals surface area contributed by atoms with Crippen LogP contribution in [0.25, 0.3) is 10.8 Å². The molecule has 0 radical (unpaired) electrons. The third-order valence-electron chi connectivity index (χ3n) is 5.73. The molecular weight excluding hydrogens is 412 g/mol. The molecular formula is C24H30N2O6. The molecule has 1 aliphatic heterocycles. The highest BCUT2D eigenvalue weighted by Gasteiger charge is 2.46. The summed E-state index contributed by atoms with van der Waals surface area (Å²) in [5, 5.41) is 14.1. The molecule has 0 aromatic heterocycles. The van der Waals surface area contributed by atoms with Crippen LogP contribution in [0, 0.1) is 11.3 Å². The van der Waals surface area contributed by atoms with Gasteiger partial charge >= 0.3 is 5.97 Å². The van der Waals surface area contributed by atoms with Crippen LogP contribution in [-0.4, -0.2) is 48.4 Å². The van der Waals surface area contributed by atoms with Crippen molar-refractivity contribution in [3.05, 3.63) is 48.0 Å². The number of fused-ring (bicyclic) bond motifs is 1. The number of nitrogens with one attached hydrogen (secondary N) is 2. The Morgan fingerprint density at radius 2 is 1.91 bits per heavy atom. The van der Waals surface area contributed by atoms with Gasteiger partial charge < -0.3 is 14.8 Å². The van der Waals surface area contributed by atoms with E-state index in [1.165, 1.54) is 0 Å². The zero-order chi connectivity index (χ0) is 23.3. The third kappa shape index (κ3) is 5.26. The summed E-state index contributed by atoms with van der Waals surface area (Å²) >= 11 is 0. The van der Waals surface area contributed by atoms with Crippen molar-refractivity contribution < 1.29 is 29.1 Å². The van der Waals surface area contributed by atoms with Crippen molar-refractivity contribution in [3.8, 4) is 0 Å². The molecule has 2 aromatic rings. The Bertz CT molecular complexity index is 989. The molecule has 3 N–H and O–H groups in total. The summed E-state index contributed by atoms with van der Waals surface area (Å²) in [4.78, 5) is 38.0. The molecule has 8 heteroatoms. The van der Waals surface area contributed by atoms with Crippen molar-refractivity contribution in [2.24, 2.45) is 11.3 Å². The summed E-state index contributed by atoms with van der Waals surface area (Å²) in [7, 11) is 0. The zero-order valence-corrected chi connectivity index (χ0v) is 18.6. The van der Waals surface area contributed by atoms with E-state index in [-0.39, 0.29) is 19.6 Å². The summed E-state index contributed by atoms with van der Waals surface area (Å²) in [6.45, 7) is 5.96. The Morgan fingerprint density at radius 3 is 2.53 bits per heavy atom. The number of rotatable bonds is 9. The van der Waals surface area contributed by atoms with Crippen molar-refractivity contribution >= 4 is 28.6 Å². The van der Waals surface area contributed by atoms with E-state index >= 15 is 0 Å². The average molecular weight is 443 g/mol. The highest BCUT2D eigenvalue weighted by molar-refractivity contribution is 5.92. The van der Waals surface area contributed by atoms with Gasteiger partial charge in [-0.2, -0.15) is 0 Å². The first-order valence-electron chi connectivity index (χ1n) is 10.8. The van der Waals surface area contributed by atoms with Crippen LogP contribution < -0.4 is 10.8 Å². The molecule has 3 rings (SSSR count). The van der Waals surface area contributed by atoms with E-state index in [1.807, 2.05) is 63.2 Å². The number of carbonyl (C=O) groups is 3. The van der Waals surface area contributed by atoms with Gasteiger partial charge in [0.05, 0.1) is 12.5 Å². The molecule has 1 heterocycles. The van der Waals surface area contributed by atoms with Crippen LogP contribution in [0.15, 0.2) is 42.5 Å². The molecule has 1 fully saturated rings. The molecule has 0 aliphatic carbocycles. The molecule has 0 unspecified atom stereocenters. The number of hydrogen-bond donors (Lipinski definition) is 3. The van der Waals surface area contributed by atoms with Gasteiger partial charge in [0.25, 0.3) is 5.91 Å². The van der Waals surface area contributed by atoms with E-state index in [0.29, 0.717) is 6.42 Å². The van der Waals surface area contributed by atoms with E-state index in [4.69, 9.17) is 9.47 Å². The second kappa shape index (κ2) is 10.1. The molecule has 1 aliphatic rings. The molecule has 1 saturated heterocycles. The fraction of sp³-hybridized carbons (Fsp3) is 0.458. The number of hydroxylamine groups is 1. The summed E-state index contributed by atoms with van der Waals surface area (Å²) in [5.74, 6) is -2.81. The Labute approximate surface area is 187 Å². The Balaban J connectivity index is 1.92. The molecule has 3 atom stereocenters. The van der Waals surface area contributed by atoms with Crippen molar-refractivity contribution in [1.29, 1.82) is 0 Å².